The molecule has 26 heavy (non-hydrogen) atoms. The van der Waals surface area contributed by atoms with Crippen molar-refractivity contribution in [2.24, 2.45) is 0 Å². The Balaban J connectivity index is 1.73. The molecule has 4 rings (SSSR count). The van der Waals surface area contributed by atoms with Crippen LogP contribution in [0.2, 0.25) is 0 Å². The highest BCUT2D eigenvalue weighted by Crippen LogP contribution is 2.19. The van der Waals surface area contributed by atoms with E-state index >= 15 is 0 Å². The maximum Gasteiger partial charge on any atom is 0.276 e. The molecule has 0 aliphatic rings. The molecule has 130 valence electrons. The second kappa shape index (κ2) is 6.18. The zero-order valence-electron chi connectivity index (χ0n) is 13.4. The zero-order valence-corrected chi connectivity index (χ0v) is 13.4. The quantitative estimate of drug-likeness (QED) is 0.563. The minimum Gasteiger partial charge on any atom is -0.308 e. The molecule has 0 saturated heterocycles. The molecule has 0 fully saturated rings. The van der Waals surface area contributed by atoms with E-state index in [0.717, 1.165) is 12.1 Å². The van der Waals surface area contributed by atoms with Crippen LogP contribution in [-0.2, 0) is 6.54 Å². The lowest BCUT2D eigenvalue weighted by molar-refractivity contribution is 0.506. The van der Waals surface area contributed by atoms with Gasteiger partial charge in [0.2, 0.25) is 0 Å². The van der Waals surface area contributed by atoms with E-state index in [9.17, 15) is 18.0 Å². The third-order valence-electron chi connectivity index (χ3n) is 4.08. The standard InChI is InChI=1S/C19H12F3N3O/c20-14-4-2-13(3-5-14)17-10-18-19(26)24(7-8-25(18)23-17)11-12-1-6-15(21)16(22)9-12/h1-10H,11H2. The van der Waals surface area contributed by atoms with E-state index in [1.165, 1.54) is 33.5 Å². The number of halogens is 3. The van der Waals surface area contributed by atoms with Gasteiger partial charge in [-0.2, -0.15) is 5.10 Å². The molecule has 0 amide bonds. The van der Waals surface area contributed by atoms with Crippen LogP contribution in [0.25, 0.3) is 16.8 Å². The molecule has 0 aliphatic heterocycles. The summed E-state index contributed by atoms with van der Waals surface area (Å²) < 4.78 is 42.3. The number of fused-ring (bicyclic) bond motifs is 1. The molecule has 7 heteroatoms. The van der Waals surface area contributed by atoms with Crippen LogP contribution in [-0.4, -0.2) is 14.2 Å². The second-order valence-corrected chi connectivity index (χ2v) is 5.85. The summed E-state index contributed by atoms with van der Waals surface area (Å²) in [5, 5.41) is 4.32. The third kappa shape index (κ3) is 2.88. The topological polar surface area (TPSA) is 39.3 Å². The van der Waals surface area contributed by atoms with Crippen LogP contribution in [0.5, 0.6) is 0 Å². The van der Waals surface area contributed by atoms with Gasteiger partial charge in [-0.15, -0.1) is 0 Å². The van der Waals surface area contributed by atoms with Crippen LogP contribution in [0.1, 0.15) is 5.56 Å². The molecule has 0 atom stereocenters. The van der Waals surface area contributed by atoms with Crippen molar-refractivity contribution in [3.05, 3.63) is 94.3 Å². The van der Waals surface area contributed by atoms with Crippen molar-refractivity contribution in [3.8, 4) is 11.3 Å². The summed E-state index contributed by atoms with van der Waals surface area (Å²) >= 11 is 0. The van der Waals surface area contributed by atoms with Gasteiger partial charge in [0, 0.05) is 18.0 Å². The van der Waals surface area contributed by atoms with Gasteiger partial charge in [-0.3, -0.25) is 4.79 Å². The van der Waals surface area contributed by atoms with Crippen molar-refractivity contribution in [3.63, 3.8) is 0 Å². The van der Waals surface area contributed by atoms with Crippen molar-refractivity contribution in [1.29, 1.82) is 0 Å². The van der Waals surface area contributed by atoms with Gasteiger partial charge in [0.05, 0.1) is 12.2 Å². The third-order valence-corrected chi connectivity index (χ3v) is 4.08. The van der Waals surface area contributed by atoms with E-state index in [1.807, 2.05) is 0 Å². The molecular weight excluding hydrogens is 343 g/mol. The van der Waals surface area contributed by atoms with Crippen LogP contribution in [0.15, 0.2) is 65.7 Å². The fourth-order valence-electron chi connectivity index (χ4n) is 2.75. The van der Waals surface area contributed by atoms with Gasteiger partial charge < -0.3 is 4.57 Å². The molecule has 0 aliphatic carbocycles. The molecule has 4 nitrogen and oxygen atoms in total. The smallest absolute Gasteiger partial charge is 0.276 e. The molecule has 0 spiro atoms. The maximum absolute atomic E-state index is 13.4. The van der Waals surface area contributed by atoms with Crippen molar-refractivity contribution in [2.75, 3.05) is 0 Å². The van der Waals surface area contributed by atoms with Crippen LogP contribution >= 0.6 is 0 Å². The Hall–Kier alpha value is -3.35. The normalized spacial score (nSPS) is 11.2. The number of hydrogen-bond acceptors (Lipinski definition) is 2. The van der Waals surface area contributed by atoms with Crippen LogP contribution < -0.4 is 5.56 Å². The Labute approximate surface area is 145 Å². The summed E-state index contributed by atoms with van der Waals surface area (Å²) in [7, 11) is 0. The van der Waals surface area contributed by atoms with E-state index in [1.54, 1.807) is 24.4 Å². The van der Waals surface area contributed by atoms with Crippen molar-refractivity contribution in [2.45, 2.75) is 6.54 Å². The van der Waals surface area contributed by atoms with E-state index < -0.39 is 11.6 Å². The van der Waals surface area contributed by atoms with Gasteiger partial charge in [-0.05, 0) is 48.0 Å². The molecule has 0 saturated carbocycles. The Bertz CT molecular complexity index is 1160. The Morgan fingerprint density at radius 2 is 1.65 bits per heavy atom. The highest BCUT2D eigenvalue weighted by Gasteiger charge is 2.10. The molecule has 4 aromatic rings. The first-order chi connectivity index (χ1) is 12.5. The summed E-state index contributed by atoms with van der Waals surface area (Å²) in [5.74, 6) is -2.25. The number of rotatable bonds is 3. The molecule has 2 heterocycles. The number of aromatic nitrogens is 3. The van der Waals surface area contributed by atoms with Gasteiger partial charge >= 0.3 is 0 Å². The summed E-state index contributed by atoms with van der Waals surface area (Å²) in [5.41, 5.74) is 1.69. The fraction of sp³-hybridized carbons (Fsp3) is 0.0526. The van der Waals surface area contributed by atoms with Gasteiger partial charge in [0.15, 0.2) is 11.6 Å². The summed E-state index contributed by atoms with van der Waals surface area (Å²) in [6.07, 6.45) is 3.13. The second-order valence-electron chi connectivity index (χ2n) is 5.85. The van der Waals surface area contributed by atoms with Crippen molar-refractivity contribution >= 4 is 5.52 Å². The highest BCUT2D eigenvalue weighted by molar-refractivity contribution is 5.65. The number of nitrogens with zero attached hydrogens (tertiary/aromatic N) is 3. The maximum atomic E-state index is 13.4. The van der Waals surface area contributed by atoms with Crippen LogP contribution in [0.3, 0.4) is 0 Å². The van der Waals surface area contributed by atoms with Crippen LogP contribution in [0.4, 0.5) is 13.2 Å². The summed E-state index contributed by atoms with van der Waals surface area (Å²) in [6, 6.07) is 10.9. The van der Waals surface area contributed by atoms with Gasteiger partial charge in [0.25, 0.3) is 5.56 Å². The minimum absolute atomic E-state index is 0.101. The summed E-state index contributed by atoms with van der Waals surface area (Å²) in [6.45, 7) is 0.101. The zero-order chi connectivity index (χ0) is 18.3. The van der Waals surface area contributed by atoms with Gasteiger partial charge in [-0.1, -0.05) is 6.07 Å². The molecule has 2 aromatic carbocycles. The van der Waals surface area contributed by atoms with E-state index in [2.05, 4.69) is 5.10 Å². The lowest BCUT2D eigenvalue weighted by Gasteiger charge is -2.06. The average Bonchev–Trinajstić information content (AvgIpc) is 3.06. The monoisotopic (exact) mass is 355 g/mol. The first kappa shape index (κ1) is 16.1. The number of hydrogen-bond donors (Lipinski definition) is 0. The molecule has 0 radical (unpaired) electrons. The van der Waals surface area contributed by atoms with Crippen molar-refractivity contribution in [1.82, 2.24) is 14.2 Å². The van der Waals surface area contributed by atoms with E-state index in [0.29, 0.717) is 22.3 Å². The minimum atomic E-state index is -0.959. The van der Waals surface area contributed by atoms with Crippen LogP contribution in [0, 0.1) is 17.5 Å². The predicted molar refractivity (Wildman–Crippen MR) is 90.3 cm³/mol. The molecule has 0 unspecified atom stereocenters. The highest BCUT2D eigenvalue weighted by atomic mass is 19.2. The molecule has 0 N–H and O–H groups in total. The molecule has 0 bridgehead atoms. The molecule has 2 aromatic heterocycles. The first-order valence-corrected chi connectivity index (χ1v) is 7.80. The average molecular weight is 355 g/mol. The lowest BCUT2D eigenvalue weighted by Crippen LogP contribution is -2.21. The Morgan fingerprint density at radius 1 is 0.885 bits per heavy atom. The summed E-state index contributed by atoms with van der Waals surface area (Å²) in [4.78, 5) is 12.7. The molecular formula is C19H12F3N3O. The van der Waals surface area contributed by atoms with E-state index in [-0.39, 0.29) is 17.9 Å². The van der Waals surface area contributed by atoms with Gasteiger partial charge in [-0.25, -0.2) is 17.7 Å². The largest absolute Gasteiger partial charge is 0.308 e. The van der Waals surface area contributed by atoms with Crippen molar-refractivity contribution < 1.29 is 13.2 Å². The predicted octanol–water partition coefficient (Wildman–Crippen LogP) is 3.63. The first-order valence-electron chi connectivity index (χ1n) is 7.80. The van der Waals surface area contributed by atoms with Gasteiger partial charge in [0.1, 0.15) is 11.3 Å². The fourth-order valence-corrected chi connectivity index (χ4v) is 2.75. The SMILES string of the molecule is O=c1c2cc(-c3ccc(F)cc3)nn2ccn1Cc1ccc(F)c(F)c1. The number of benzene rings is 2. The lowest BCUT2D eigenvalue weighted by atomic mass is 10.1. The Morgan fingerprint density at radius 3 is 2.38 bits per heavy atom. The Kier molecular flexibility index (Phi) is 3.84. The van der Waals surface area contributed by atoms with E-state index in [4.69, 9.17) is 0 Å².